The number of hydrogen-bond donors (Lipinski definition) is 3. The molecule has 1 unspecified atom stereocenters. The summed E-state index contributed by atoms with van der Waals surface area (Å²) in [5, 5.41) is 9.10. The van der Waals surface area contributed by atoms with Gasteiger partial charge in [0.25, 0.3) is 0 Å². The zero-order valence-electron chi connectivity index (χ0n) is 35.0. The van der Waals surface area contributed by atoms with Gasteiger partial charge in [0.1, 0.15) is 11.5 Å². The maximum absolute atomic E-state index is 11.9. The van der Waals surface area contributed by atoms with E-state index in [0.717, 1.165) is 36.8 Å². The molecule has 0 heterocycles. The van der Waals surface area contributed by atoms with Crippen LogP contribution in [-0.4, -0.2) is 61.2 Å². The van der Waals surface area contributed by atoms with E-state index in [4.69, 9.17) is 15.7 Å². The van der Waals surface area contributed by atoms with Gasteiger partial charge in [0.15, 0.2) is 0 Å². The minimum absolute atomic E-state index is 0.299. The average Bonchev–Trinajstić information content (AvgIpc) is 3.08. The van der Waals surface area contributed by atoms with Crippen LogP contribution in [0.15, 0.2) is 0 Å². The Morgan fingerprint density at radius 3 is 1.16 bits per heavy atom. The molecule has 0 aliphatic heterocycles. The van der Waals surface area contributed by atoms with E-state index in [1.807, 2.05) is 0 Å². The van der Waals surface area contributed by atoms with Crippen molar-refractivity contribution in [1.29, 1.82) is 0 Å². The molecule has 0 aromatic rings. The van der Waals surface area contributed by atoms with Gasteiger partial charge in [0.05, 0.1) is 33.8 Å². The second kappa shape index (κ2) is 42.5. The summed E-state index contributed by atoms with van der Waals surface area (Å²) in [4.78, 5) is 17.1. The number of hydrogen-bond acceptors (Lipinski definition) is 4. The fourth-order valence-electron chi connectivity index (χ4n) is 6.76. The number of unbranched alkanes of at least 4 members (excludes halogenated alkanes) is 29. The van der Waals surface area contributed by atoms with Gasteiger partial charge < -0.3 is 9.59 Å². The molecule has 1 atom stereocenters. The lowest BCUT2D eigenvalue weighted by Crippen LogP contribution is -2.42. The lowest BCUT2D eigenvalue weighted by molar-refractivity contribution is -0.890. The normalized spacial score (nSPS) is 12.1. The highest BCUT2D eigenvalue weighted by atomic mass is 16.8. The molecule has 0 radical (unpaired) electrons. The molecule has 0 bridgehead atoms. The Balaban J connectivity index is 0. The van der Waals surface area contributed by atoms with Crippen LogP contribution < -0.4 is 11.2 Å². The summed E-state index contributed by atoms with van der Waals surface area (Å²) in [5.74, 6) is 0. The number of hydrazine groups is 1. The molecule has 0 saturated heterocycles. The molecule has 0 amide bonds. The van der Waals surface area contributed by atoms with Gasteiger partial charge >= 0.3 is 5.03 Å². The van der Waals surface area contributed by atoms with Gasteiger partial charge in [0.2, 0.25) is 6.23 Å². The molecule has 0 saturated carbocycles. The van der Waals surface area contributed by atoms with E-state index in [2.05, 4.69) is 40.3 Å². The zero-order chi connectivity index (χ0) is 37.2. The molecule has 0 fully saturated rings. The number of aliphatic hydroxyl groups excluding tert-OH is 1. The molecule has 0 rings (SSSR count). The van der Waals surface area contributed by atoms with E-state index in [0.29, 0.717) is 18.2 Å². The number of nitrogens with two attached hydrogens (primary N) is 1. The van der Waals surface area contributed by atoms with Crippen molar-refractivity contribution in [3.63, 3.8) is 0 Å². The third kappa shape index (κ3) is 45.1. The monoisotopic (exact) mass is 715 g/mol. The topological polar surface area (TPSA) is 87.6 Å². The largest absolute Gasteiger partial charge is 0.391 e. The molecule has 0 aliphatic carbocycles. The van der Waals surface area contributed by atoms with Gasteiger partial charge in [-0.1, -0.05) is 207 Å². The molecule has 50 heavy (non-hydrogen) atoms. The summed E-state index contributed by atoms with van der Waals surface area (Å²) in [6.45, 7) is 9.72. The van der Waals surface area contributed by atoms with E-state index in [9.17, 15) is 4.91 Å². The SMILES string of the molecule is CCCCCCCCCCCCCCCCCCN[N+](=O)OC(N)CCCCCCCCCCCCCCCCC.CCC[N+](C)(C)CCO. The van der Waals surface area contributed by atoms with Crippen molar-refractivity contribution >= 4 is 0 Å². The smallest absolute Gasteiger partial charge is 0.358 e. The molecule has 0 aromatic carbocycles. The Bertz CT molecular complexity index is 642. The van der Waals surface area contributed by atoms with Crippen LogP contribution in [0.5, 0.6) is 0 Å². The van der Waals surface area contributed by atoms with Crippen molar-refractivity contribution in [3.05, 3.63) is 4.91 Å². The molecule has 7 heteroatoms. The predicted molar refractivity (Wildman–Crippen MR) is 219 cm³/mol. The Kier molecular flexibility index (Phi) is 43.5. The van der Waals surface area contributed by atoms with Crippen LogP contribution in [0.4, 0.5) is 0 Å². The first-order valence-corrected chi connectivity index (χ1v) is 22.4. The second-order valence-electron chi connectivity index (χ2n) is 16.0. The Labute approximate surface area is 314 Å². The highest BCUT2D eigenvalue weighted by Crippen LogP contribution is 2.15. The van der Waals surface area contributed by atoms with E-state index in [-0.39, 0.29) is 0 Å². The van der Waals surface area contributed by atoms with Crippen LogP contribution in [0.2, 0.25) is 0 Å². The Morgan fingerprint density at radius 1 is 0.520 bits per heavy atom. The molecule has 302 valence electrons. The third-order valence-corrected chi connectivity index (χ3v) is 10.1. The highest BCUT2D eigenvalue weighted by molar-refractivity contribution is 4.53. The third-order valence-electron chi connectivity index (χ3n) is 10.1. The first-order chi connectivity index (χ1) is 24.3. The van der Waals surface area contributed by atoms with E-state index >= 15 is 0 Å². The van der Waals surface area contributed by atoms with Gasteiger partial charge in [-0.05, 0) is 19.3 Å². The first kappa shape index (κ1) is 51.2. The molecular formula is C43H94N4O3+2. The van der Waals surface area contributed by atoms with Crippen molar-refractivity contribution < 1.29 is 19.5 Å². The van der Waals surface area contributed by atoms with Crippen molar-refractivity contribution in [3.8, 4) is 0 Å². The van der Waals surface area contributed by atoms with Crippen LogP contribution in [0.1, 0.15) is 233 Å². The van der Waals surface area contributed by atoms with Crippen molar-refractivity contribution in [2.45, 2.75) is 239 Å². The minimum Gasteiger partial charge on any atom is -0.391 e. The van der Waals surface area contributed by atoms with Crippen molar-refractivity contribution in [2.75, 3.05) is 40.3 Å². The molecule has 4 N–H and O–H groups in total. The van der Waals surface area contributed by atoms with E-state index in [1.54, 1.807) is 0 Å². The number of quaternary nitrogens is 1. The Morgan fingerprint density at radius 2 is 0.840 bits per heavy atom. The number of rotatable bonds is 40. The van der Waals surface area contributed by atoms with Gasteiger partial charge in [-0.3, -0.25) is 5.73 Å². The quantitative estimate of drug-likeness (QED) is 0.0254. The second-order valence-corrected chi connectivity index (χ2v) is 16.0. The van der Waals surface area contributed by atoms with Crippen molar-refractivity contribution in [2.24, 2.45) is 5.73 Å². The van der Waals surface area contributed by atoms with Crippen LogP contribution in [0, 0.1) is 4.91 Å². The van der Waals surface area contributed by atoms with Gasteiger partial charge in [0, 0.05) is 6.42 Å². The molecule has 0 spiro atoms. The number of nitrogens with zero attached hydrogens (tertiary/aromatic N) is 2. The zero-order valence-corrected chi connectivity index (χ0v) is 35.0. The number of likely N-dealkylation sites (N-methyl/N-ethyl adjacent to an activating group) is 1. The van der Waals surface area contributed by atoms with Crippen LogP contribution in [-0.2, 0) is 4.84 Å². The number of nitrogens with one attached hydrogen (secondary N) is 1. The summed E-state index contributed by atoms with van der Waals surface area (Å²) < 4.78 is 0.938. The van der Waals surface area contributed by atoms with Crippen LogP contribution in [0.25, 0.3) is 0 Å². The summed E-state index contributed by atoms with van der Waals surface area (Å²) in [5.41, 5.74) is 8.78. The van der Waals surface area contributed by atoms with E-state index in [1.165, 1.54) is 193 Å². The highest BCUT2D eigenvalue weighted by Gasteiger charge is 2.16. The standard InChI is InChI=1S/C36H76N3O2.C7H18NO/c1-3-5-7-9-11-13-15-17-19-21-23-25-27-29-31-33-35-38-39(40)41-36(37)34-32-30-28-26-24-22-20-18-16-14-12-10-8-6-4-2;1-4-5-8(2,3)6-7-9/h36H,3-35,37H2,1-2H3,(H,38,40);9H,4-7H2,1-3H3/q2*+1. The van der Waals surface area contributed by atoms with Gasteiger partial charge in [-0.2, -0.15) is 4.84 Å². The number of aliphatic hydroxyl groups is 1. The Hall–Kier alpha value is -0.920. The maximum Gasteiger partial charge on any atom is 0.358 e. The van der Waals surface area contributed by atoms with E-state index < -0.39 is 6.23 Å². The fourth-order valence-corrected chi connectivity index (χ4v) is 6.76. The lowest BCUT2D eigenvalue weighted by Gasteiger charge is -2.28. The van der Waals surface area contributed by atoms with Crippen LogP contribution in [0.3, 0.4) is 0 Å². The summed E-state index contributed by atoms with van der Waals surface area (Å²) in [7, 11) is 4.28. The molecular weight excluding hydrogens is 620 g/mol. The maximum atomic E-state index is 11.9. The lowest BCUT2D eigenvalue weighted by atomic mass is 10.0. The van der Waals surface area contributed by atoms with Crippen molar-refractivity contribution in [1.82, 2.24) is 5.43 Å². The fraction of sp³-hybridized carbons (Fsp3) is 1.00. The minimum atomic E-state index is -0.507. The first-order valence-electron chi connectivity index (χ1n) is 22.4. The van der Waals surface area contributed by atoms with Gasteiger partial charge in [-0.25, -0.2) is 0 Å². The predicted octanol–water partition coefficient (Wildman–Crippen LogP) is 12.5. The van der Waals surface area contributed by atoms with Crippen LogP contribution >= 0.6 is 0 Å². The summed E-state index contributed by atoms with van der Waals surface area (Å²) in [6, 6.07) is 0. The molecule has 0 aliphatic rings. The molecule has 7 nitrogen and oxygen atoms in total. The average molecular weight is 715 g/mol. The summed E-state index contributed by atoms with van der Waals surface area (Å²) in [6.07, 6.45) is 43.4. The molecule has 0 aromatic heterocycles. The summed E-state index contributed by atoms with van der Waals surface area (Å²) >= 11 is 0. The van der Waals surface area contributed by atoms with Gasteiger partial charge in [-0.15, -0.1) is 5.43 Å².